The molecule has 0 bridgehead atoms. The van der Waals surface area contributed by atoms with Gasteiger partial charge in [0.2, 0.25) is 0 Å². The van der Waals surface area contributed by atoms with Crippen LogP contribution in [-0.4, -0.2) is 15.9 Å². The zero-order valence-corrected chi connectivity index (χ0v) is 15.6. The van der Waals surface area contributed by atoms with Crippen LogP contribution in [0.1, 0.15) is 25.9 Å². The van der Waals surface area contributed by atoms with E-state index < -0.39 is 0 Å². The number of aromatic nitrogens is 2. The van der Waals surface area contributed by atoms with E-state index >= 15 is 0 Å². The molecule has 0 atom stereocenters. The second kappa shape index (κ2) is 5.79. The summed E-state index contributed by atoms with van der Waals surface area (Å²) in [6.07, 6.45) is 0. The molecule has 0 aliphatic heterocycles. The number of nitrogen functional groups attached to an aromatic ring is 1. The third kappa shape index (κ3) is 2.75. The zero-order valence-electron chi connectivity index (χ0n) is 14.0. The lowest BCUT2D eigenvalue weighted by molar-refractivity contribution is 0.103. The van der Waals surface area contributed by atoms with Crippen LogP contribution in [-0.2, 0) is 0 Å². The predicted octanol–water partition coefficient (Wildman–Crippen LogP) is 4.67. The lowest BCUT2D eigenvalue weighted by Crippen LogP contribution is -2.11. The Morgan fingerprint density at radius 3 is 2.72 bits per heavy atom. The number of fused-ring (bicyclic) bond motifs is 2. The number of anilines is 2. The fourth-order valence-electron chi connectivity index (χ4n) is 2.95. The Kier molecular flexibility index (Phi) is 3.70. The van der Waals surface area contributed by atoms with E-state index in [1.165, 1.54) is 11.3 Å². The van der Waals surface area contributed by atoms with Crippen LogP contribution < -0.4 is 11.1 Å². The number of nitrogens with two attached hydrogens (primary N) is 1. The van der Waals surface area contributed by atoms with Crippen LogP contribution in [0.25, 0.3) is 20.4 Å². The highest BCUT2D eigenvalue weighted by Crippen LogP contribution is 2.35. The molecule has 0 saturated heterocycles. The number of carbonyl (C=O) groups is 1. The van der Waals surface area contributed by atoms with Gasteiger partial charge in [0.25, 0.3) is 5.91 Å². The fraction of sp³-hybridized carbons (Fsp3) is 0.167. The largest absolute Gasteiger partial charge is 0.397 e. The second-order valence-electron chi connectivity index (χ2n) is 5.98. The maximum absolute atomic E-state index is 12.7. The van der Waals surface area contributed by atoms with Crippen molar-refractivity contribution in [3.63, 3.8) is 0 Å². The first-order chi connectivity index (χ1) is 11.9. The summed E-state index contributed by atoms with van der Waals surface area (Å²) in [5, 5.41) is 4.79. The number of hydrogen-bond donors (Lipinski definition) is 2. The first-order valence-electron chi connectivity index (χ1n) is 7.77. The minimum Gasteiger partial charge on any atom is -0.397 e. The zero-order chi connectivity index (χ0) is 17.7. The molecule has 5 nitrogen and oxygen atoms in total. The number of amides is 1. The minimum atomic E-state index is -0.219. The highest BCUT2D eigenvalue weighted by atomic mass is 32.1. The molecule has 0 aliphatic rings. The number of thiazole rings is 1. The monoisotopic (exact) mass is 368 g/mol. The minimum absolute atomic E-state index is 0.219. The smallest absolute Gasteiger partial charge is 0.267 e. The number of rotatable bonds is 2. The van der Waals surface area contributed by atoms with Crippen LogP contribution >= 0.6 is 22.7 Å². The molecule has 0 unspecified atom stereocenters. The van der Waals surface area contributed by atoms with Crippen LogP contribution in [0, 0.1) is 20.8 Å². The van der Waals surface area contributed by atoms with Gasteiger partial charge in [0, 0.05) is 16.8 Å². The Morgan fingerprint density at radius 2 is 1.92 bits per heavy atom. The number of carbonyl (C=O) groups excluding carboxylic acids is 1. The molecular weight excluding hydrogens is 352 g/mol. The van der Waals surface area contributed by atoms with E-state index in [4.69, 9.17) is 5.73 Å². The van der Waals surface area contributed by atoms with Crippen molar-refractivity contribution < 1.29 is 4.79 Å². The summed E-state index contributed by atoms with van der Waals surface area (Å²) < 4.78 is 1.10. The number of thiophene rings is 1. The molecular formula is C18H16N4OS2. The Bertz CT molecular complexity index is 1140. The fourth-order valence-corrected chi connectivity index (χ4v) is 4.87. The van der Waals surface area contributed by atoms with Crippen molar-refractivity contribution in [3.05, 3.63) is 45.4 Å². The average Bonchev–Trinajstić information content (AvgIpc) is 3.06. The van der Waals surface area contributed by atoms with E-state index in [1.54, 1.807) is 11.3 Å². The third-order valence-corrected chi connectivity index (χ3v) is 6.03. The molecule has 0 spiro atoms. The molecule has 4 rings (SSSR count). The Morgan fingerprint density at radius 1 is 1.12 bits per heavy atom. The number of nitrogens with one attached hydrogen (secondary N) is 1. The average molecular weight is 368 g/mol. The normalized spacial score (nSPS) is 11.3. The van der Waals surface area contributed by atoms with Crippen LogP contribution in [0.5, 0.6) is 0 Å². The van der Waals surface area contributed by atoms with Gasteiger partial charge in [-0.15, -0.1) is 22.7 Å². The van der Waals surface area contributed by atoms with Crippen molar-refractivity contribution in [2.45, 2.75) is 20.8 Å². The summed E-state index contributed by atoms with van der Waals surface area (Å²) >= 11 is 2.96. The van der Waals surface area contributed by atoms with Crippen molar-refractivity contribution in [2.24, 2.45) is 0 Å². The quantitative estimate of drug-likeness (QED) is 0.539. The van der Waals surface area contributed by atoms with E-state index in [0.717, 1.165) is 36.7 Å². The van der Waals surface area contributed by atoms with Crippen LogP contribution in [0.4, 0.5) is 11.4 Å². The first kappa shape index (κ1) is 16.0. The predicted molar refractivity (Wildman–Crippen MR) is 106 cm³/mol. The Labute approximate surface area is 152 Å². The molecule has 3 aromatic heterocycles. The van der Waals surface area contributed by atoms with Crippen molar-refractivity contribution in [2.75, 3.05) is 11.1 Å². The molecule has 25 heavy (non-hydrogen) atoms. The SMILES string of the molecule is Cc1cc(C)c2c(N)c(C(=O)Nc3ccc4sc(C)nc4c3)sc2n1. The lowest BCUT2D eigenvalue weighted by Gasteiger charge is -2.04. The van der Waals surface area contributed by atoms with Gasteiger partial charge in [-0.2, -0.15) is 0 Å². The summed E-state index contributed by atoms with van der Waals surface area (Å²) in [4.78, 5) is 23.0. The van der Waals surface area contributed by atoms with Crippen molar-refractivity contribution in [3.8, 4) is 0 Å². The Balaban J connectivity index is 1.71. The van der Waals surface area contributed by atoms with Gasteiger partial charge in [0.15, 0.2) is 0 Å². The summed E-state index contributed by atoms with van der Waals surface area (Å²) in [7, 11) is 0. The van der Waals surface area contributed by atoms with Gasteiger partial charge in [-0.1, -0.05) is 0 Å². The molecule has 0 aliphatic carbocycles. The second-order valence-corrected chi connectivity index (χ2v) is 8.21. The van der Waals surface area contributed by atoms with Crippen LogP contribution in [0.15, 0.2) is 24.3 Å². The van der Waals surface area contributed by atoms with E-state index in [2.05, 4.69) is 15.3 Å². The maximum Gasteiger partial charge on any atom is 0.267 e. The van der Waals surface area contributed by atoms with Gasteiger partial charge in [0.1, 0.15) is 9.71 Å². The summed E-state index contributed by atoms with van der Waals surface area (Å²) in [5.41, 5.74) is 10.3. The van der Waals surface area contributed by atoms with Gasteiger partial charge in [-0.3, -0.25) is 4.79 Å². The highest BCUT2D eigenvalue weighted by Gasteiger charge is 2.19. The molecule has 126 valence electrons. The van der Waals surface area contributed by atoms with Crippen LogP contribution in [0.3, 0.4) is 0 Å². The molecule has 3 heterocycles. The van der Waals surface area contributed by atoms with E-state index in [-0.39, 0.29) is 5.91 Å². The first-order valence-corrected chi connectivity index (χ1v) is 9.40. The number of benzene rings is 1. The van der Waals surface area contributed by atoms with Gasteiger partial charge >= 0.3 is 0 Å². The number of pyridine rings is 1. The third-order valence-electron chi connectivity index (χ3n) is 3.98. The molecule has 0 fully saturated rings. The van der Waals surface area contributed by atoms with E-state index in [0.29, 0.717) is 16.3 Å². The number of nitrogens with zero attached hydrogens (tertiary/aromatic N) is 2. The topological polar surface area (TPSA) is 80.9 Å². The molecule has 1 amide bonds. The van der Waals surface area contributed by atoms with Gasteiger partial charge in [-0.25, -0.2) is 9.97 Å². The number of aryl methyl sites for hydroxylation is 3. The molecule has 1 aromatic carbocycles. The molecule has 7 heteroatoms. The number of hydrogen-bond acceptors (Lipinski definition) is 6. The lowest BCUT2D eigenvalue weighted by atomic mass is 10.1. The standard InChI is InChI=1S/C18H16N4OS2/c1-8-6-9(2)20-18-14(8)15(19)16(25-18)17(23)22-11-4-5-13-12(7-11)21-10(3)24-13/h4-7H,19H2,1-3H3,(H,22,23). The molecule has 4 aromatic rings. The summed E-state index contributed by atoms with van der Waals surface area (Å²) in [6.45, 7) is 5.89. The van der Waals surface area contributed by atoms with Crippen LogP contribution in [0.2, 0.25) is 0 Å². The van der Waals surface area contributed by atoms with Crippen molar-refractivity contribution in [1.29, 1.82) is 0 Å². The molecule has 0 radical (unpaired) electrons. The molecule has 0 saturated carbocycles. The Hall–Kier alpha value is -2.51. The van der Waals surface area contributed by atoms with Crippen molar-refractivity contribution in [1.82, 2.24) is 9.97 Å². The highest BCUT2D eigenvalue weighted by molar-refractivity contribution is 7.21. The van der Waals surface area contributed by atoms with Gasteiger partial charge in [0.05, 0.1) is 20.9 Å². The summed E-state index contributed by atoms with van der Waals surface area (Å²) in [6, 6.07) is 7.72. The summed E-state index contributed by atoms with van der Waals surface area (Å²) in [5.74, 6) is -0.219. The van der Waals surface area contributed by atoms with Crippen molar-refractivity contribution >= 4 is 60.4 Å². The van der Waals surface area contributed by atoms with Gasteiger partial charge < -0.3 is 11.1 Å². The van der Waals surface area contributed by atoms with E-state index in [1.807, 2.05) is 45.0 Å². The maximum atomic E-state index is 12.7. The van der Waals surface area contributed by atoms with E-state index in [9.17, 15) is 4.79 Å². The van der Waals surface area contributed by atoms with Gasteiger partial charge in [-0.05, 0) is 50.6 Å². The molecule has 3 N–H and O–H groups in total.